The predicted molar refractivity (Wildman–Crippen MR) is 70.4 cm³/mol. The fourth-order valence-corrected chi connectivity index (χ4v) is 2.69. The largest absolute Gasteiger partial charge is 0.299 e. The van der Waals surface area contributed by atoms with Gasteiger partial charge in [-0.15, -0.1) is 0 Å². The Morgan fingerprint density at radius 1 is 1.32 bits per heavy atom. The second-order valence-corrected chi connectivity index (χ2v) is 5.14. The number of nitrogens with zero attached hydrogens (tertiary/aromatic N) is 3. The van der Waals surface area contributed by atoms with Crippen molar-refractivity contribution in [2.75, 3.05) is 7.05 Å². The molecule has 0 aromatic carbocycles. The summed E-state index contributed by atoms with van der Waals surface area (Å²) in [6.45, 7) is 5.95. The molecule has 1 aromatic rings. The standard InChI is InChI=1S/C13H20N4O2/c1-7(12-8(2)15-17(5)9(12)3)14-10-6-11(18)16(4)13(10)19/h7,10,14H,6H2,1-5H3. The van der Waals surface area contributed by atoms with Crippen LogP contribution in [0, 0.1) is 13.8 Å². The van der Waals surface area contributed by atoms with Crippen LogP contribution in [0.2, 0.25) is 0 Å². The lowest BCUT2D eigenvalue weighted by Crippen LogP contribution is -2.38. The first-order chi connectivity index (χ1) is 8.82. The molecule has 2 atom stereocenters. The van der Waals surface area contributed by atoms with E-state index in [2.05, 4.69) is 10.4 Å². The molecule has 0 saturated carbocycles. The van der Waals surface area contributed by atoms with Crippen molar-refractivity contribution in [2.24, 2.45) is 7.05 Å². The second kappa shape index (κ2) is 4.77. The molecule has 6 heteroatoms. The van der Waals surface area contributed by atoms with Crippen molar-refractivity contribution in [3.63, 3.8) is 0 Å². The minimum Gasteiger partial charge on any atom is -0.299 e. The molecular formula is C13H20N4O2. The van der Waals surface area contributed by atoms with Gasteiger partial charge in [0, 0.05) is 31.4 Å². The number of carbonyl (C=O) groups excluding carboxylic acids is 2. The molecule has 1 saturated heterocycles. The van der Waals surface area contributed by atoms with Crippen LogP contribution in [0.5, 0.6) is 0 Å². The van der Waals surface area contributed by atoms with Gasteiger partial charge < -0.3 is 0 Å². The number of hydrogen-bond donors (Lipinski definition) is 1. The van der Waals surface area contributed by atoms with Gasteiger partial charge in [0.2, 0.25) is 11.8 Å². The summed E-state index contributed by atoms with van der Waals surface area (Å²) in [7, 11) is 3.42. The van der Waals surface area contributed by atoms with E-state index in [-0.39, 0.29) is 24.3 Å². The molecule has 6 nitrogen and oxygen atoms in total. The molecule has 0 aliphatic carbocycles. The van der Waals surface area contributed by atoms with Crippen molar-refractivity contribution in [1.82, 2.24) is 20.0 Å². The predicted octanol–water partition coefficient (Wildman–Crippen LogP) is 0.445. The molecule has 2 amide bonds. The van der Waals surface area contributed by atoms with E-state index in [1.54, 1.807) is 0 Å². The summed E-state index contributed by atoms with van der Waals surface area (Å²) >= 11 is 0. The lowest BCUT2D eigenvalue weighted by Gasteiger charge is -2.18. The highest BCUT2D eigenvalue weighted by Crippen LogP contribution is 2.23. The van der Waals surface area contributed by atoms with E-state index < -0.39 is 6.04 Å². The Balaban J connectivity index is 2.16. The van der Waals surface area contributed by atoms with Gasteiger partial charge in [0.15, 0.2) is 0 Å². The van der Waals surface area contributed by atoms with E-state index in [9.17, 15) is 9.59 Å². The van der Waals surface area contributed by atoms with Crippen LogP contribution in [0.4, 0.5) is 0 Å². The van der Waals surface area contributed by atoms with Gasteiger partial charge in [0.05, 0.1) is 18.2 Å². The zero-order valence-electron chi connectivity index (χ0n) is 12.0. The maximum Gasteiger partial charge on any atom is 0.246 e. The molecule has 2 heterocycles. The summed E-state index contributed by atoms with van der Waals surface area (Å²) in [6, 6.07) is -0.437. The molecule has 1 fully saturated rings. The molecule has 0 radical (unpaired) electrons. The summed E-state index contributed by atoms with van der Waals surface area (Å²) in [5.74, 6) is -0.287. The molecule has 2 rings (SSSR count). The van der Waals surface area contributed by atoms with Gasteiger partial charge >= 0.3 is 0 Å². The number of aryl methyl sites for hydroxylation is 2. The average Bonchev–Trinajstić information content (AvgIpc) is 2.71. The number of nitrogens with one attached hydrogen (secondary N) is 1. The molecule has 19 heavy (non-hydrogen) atoms. The van der Waals surface area contributed by atoms with E-state index >= 15 is 0 Å². The van der Waals surface area contributed by atoms with E-state index in [4.69, 9.17) is 0 Å². The zero-order valence-corrected chi connectivity index (χ0v) is 12.0. The van der Waals surface area contributed by atoms with Gasteiger partial charge in [0.1, 0.15) is 0 Å². The molecule has 1 aromatic heterocycles. The molecule has 104 valence electrons. The molecule has 1 aliphatic heterocycles. The van der Waals surface area contributed by atoms with Crippen LogP contribution in [-0.4, -0.2) is 39.6 Å². The van der Waals surface area contributed by atoms with Gasteiger partial charge in [-0.25, -0.2) is 0 Å². The normalized spacial score (nSPS) is 21.3. The Kier molecular flexibility index (Phi) is 3.45. The first-order valence-corrected chi connectivity index (χ1v) is 6.39. The van der Waals surface area contributed by atoms with Crippen LogP contribution < -0.4 is 5.32 Å². The van der Waals surface area contributed by atoms with Crippen LogP contribution in [0.1, 0.15) is 36.3 Å². The number of hydrogen-bond acceptors (Lipinski definition) is 4. The van der Waals surface area contributed by atoms with Crippen molar-refractivity contribution in [1.29, 1.82) is 0 Å². The molecule has 1 aliphatic rings. The number of carbonyl (C=O) groups is 2. The Bertz CT molecular complexity index is 535. The molecule has 1 N–H and O–H groups in total. The molecule has 0 bridgehead atoms. The quantitative estimate of drug-likeness (QED) is 0.805. The minimum absolute atomic E-state index is 0.0121. The average molecular weight is 264 g/mol. The summed E-state index contributed by atoms with van der Waals surface area (Å²) < 4.78 is 1.83. The van der Waals surface area contributed by atoms with Crippen molar-refractivity contribution in [3.05, 3.63) is 17.0 Å². The number of rotatable bonds is 3. The third-order valence-corrected chi connectivity index (χ3v) is 3.83. The van der Waals surface area contributed by atoms with Gasteiger partial charge in [0.25, 0.3) is 0 Å². The van der Waals surface area contributed by atoms with Crippen LogP contribution in [0.25, 0.3) is 0 Å². The van der Waals surface area contributed by atoms with Crippen LogP contribution in [0.3, 0.4) is 0 Å². The summed E-state index contributed by atoms with van der Waals surface area (Å²) in [5, 5.41) is 7.60. The maximum absolute atomic E-state index is 11.9. The van der Waals surface area contributed by atoms with Crippen LogP contribution in [-0.2, 0) is 16.6 Å². The summed E-state index contributed by atoms with van der Waals surface area (Å²) in [4.78, 5) is 24.6. The van der Waals surface area contributed by atoms with Crippen molar-refractivity contribution < 1.29 is 9.59 Å². The number of likely N-dealkylation sites (tertiary alicyclic amines) is 1. The van der Waals surface area contributed by atoms with Gasteiger partial charge in [-0.1, -0.05) is 0 Å². The fraction of sp³-hybridized carbons (Fsp3) is 0.615. The van der Waals surface area contributed by atoms with E-state index in [0.29, 0.717) is 0 Å². The maximum atomic E-state index is 11.9. The second-order valence-electron chi connectivity index (χ2n) is 5.14. The Hall–Kier alpha value is -1.69. The Morgan fingerprint density at radius 2 is 1.95 bits per heavy atom. The van der Waals surface area contributed by atoms with Crippen molar-refractivity contribution >= 4 is 11.8 Å². The topological polar surface area (TPSA) is 67.2 Å². The first kappa shape index (κ1) is 13.7. The van der Waals surface area contributed by atoms with E-state index in [1.165, 1.54) is 11.9 Å². The van der Waals surface area contributed by atoms with E-state index in [1.807, 2.05) is 32.5 Å². The highest BCUT2D eigenvalue weighted by molar-refractivity contribution is 6.05. The van der Waals surface area contributed by atoms with Crippen LogP contribution in [0.15, 0.2) is 0 Å². The highest BCUT2D eigenvalue weighted by Gasteiger charge is 2.37. The summed E-state index contributed by atoms with van der Waals surface area (Å²) in [5.41, 5.74) is 3.12. The number of aromatic nitrogens is 2. The van der Waals surface area contributed by atoms with Crippen LogP contribution >= 0.6 is 0 Å². The Labute approximate surface area is 112 Å². The first-order valence-electron chi connectivity index (χ1n) is 6.39. The fourth-order valence-electron chi connectivity index (χ4n) is 2.69. The van der Waals surface area contributed by atoms with Gasteiger partial charge in [-0.3, -0.25) is 24.5 Å². The summed E-state index contributed by atoms with van der Waals surface area (Å²) in [6.07, 6.45) is 0.234. The van der Waals surface area contributed by atoms with Crippen molar-refractivity contribution in [3.8, 4) is 0 Å². The van der Waals surface area contributed by atoms with E-state index in [0.717, 1.165) is 17.0 Å². The van der Waals surface area contributed by atoms with Crippen molar-refractivity contribution in [2.45, 2.75) is 39.3 Å². The third-order valence-electron chi connectivity index (χ3n) is 3.83. The van der Waals surface area contributed by atoms with Gasteiger partial charge in [-0.2, -0.15) is 5.10 Å². The molecule has 2 unspecified atom stereocenters. The van der Waals surface area contributed by atoms with Gasteiger partial charge in [-0.05, 0) is 20.8 Å². The lowest BCUT2D eigenvalue weighted by atomic mass is 10.0. The number of likely N-dealkylation sites (N-methyl/N-ethyl adjacent to an activating group) is 1. The third kappa shape index (κ3) is 2.28. The molecular weight excluding hydrogens is 244 g/mol. The number of amides is 2. The Morgan fingerprint density at radius 3 is 2.37 bits per heavy atom. The zero-order chi connectivity index (χ0) is 14.3. The smallest absolute Gasteiger partial charge is 0.246 e. The monoisotopic (exact) mass is 264 g/mol. The number of imide groups is 1. The lowest BCUT2D eigenvalue weighted by molar-refractivity contribution is -0.137. The molecule has 0 spiro atoms. The minimum atomic E-state index is -0.425. The SMILES string of the molecule is Cc1nn(C)c(C)c1C(C)NC1CC(=O)N(C)C1=O. The highest BCUT2D eigenvalue weighted by atomic mass is 16.2.